The van der Waals surface area contributed by atoms with Crippen LogP contribution in [0.15, 0.2) is 12.7 Å². The van der Waals surface area contributed by atoms with Crippen molar-refractivity contribution in [2.75, 3.05) is 20.6 Å². The number of nitrogens with one attached hydrogen (secondary N) is 1. The summed E-state index contributed by atoms with van der Waals surface area (Å²) < 4.78 is 0. The van der Waals surface area contributed by atoms with Gasteiger partial charge in [-0.05, 0) is 39.3 Å². The number of nitrogens with two attached hydrogens (primary N) is 1. The molecule has 4 heteroatoms. The SMILES string of the molecule is C=CCC(N)C(=O)NCC1(N(C)C)CCCC(C)C1. The van der Waals surface area contributed by atoms with Crippen molar-refractivity contribution in [2.24, 2.45) is 11.7 Å². The summed E-state index contributed by atoms with van der Waals surface area (Å²) in [6.07, 6.45) is 7.01. The molecule has 0 bridgehead atoms. The molecular formula is C15H29N3O. The third-order valence-electron chi connectivity index (χ3n) is 4.37. The van der Waals surface area contributed by atoms with E-state index >= 15 is 0 Å². The van der Waals surface area contributed by atoms with Crippen LogP contribution in [0.25, 0.3) is 0 Å². The van der Waals surface area contributed by atoms with Gasteiger partial charge in [0.25, 0.3) is 0 Å². The first kappa shape index (κ1) is 16.2. The topological polar surface area (TPSA) is 58.4 Å². The minimum Gasteiger partial charge on any atom is -0.353 e. The van der Waals surface area contributed by atoms with Crippen LogP contribution in [-0.4, -0.2) is 43.0 Å². The summed E-state index contributed by atoms with van der Waals surface area (Å²) in [7, 11) is 4.21. The van der Waals surface area contributed by atoms with Gasteiger partial charge in [-0.2, -0.15) is 0 Å². The van der Waals surface area contributed by atoms with Crippen molar-refractivity contribution < 1.29 is 4.79 Å². The van der Waals surface area contributed by atoms with Gasteiger partial charge in [0, 0.05) is 12.1 Å². The molecule has 0 aromatic carbocycles. The number of carbonyl (C=O) groups is 1. The van der Waals surface area contributed by atoms with E-state index in [1.807, 2.05) is 0 Å². The number of carbonyl (C=O) groups excluding carboxylic acids is 1. The summed E-state index contributed by atoms with van der Waals surface area (Å²) >= 11 is 0. The summed E-state index contributed by atoms with van der Waals surface area (Å²) in [6.45, 7) is 6.60. The van der Waals surface area contributed by atoms with E-state index in [1.54, 1.807) is 6.08 Å². The maximum Gasteiger partial charge on any atom is 0.237 e. The average molecular weight is 267 g/mol. The van der Waals surface area contributed by atoms with Crippen LogP contribution in [0.2, 0.25) is 0 Å². The van der Waals surface area contributed by atoms with E-state index in [9.17, 15) is 4.79 Å². The van der Waals surface area contributed by atoms with Gasteiger partial charge < -0.3 is 16.0 Å². The van der Waals surface area contributed by atoms with Crippen molar-refractivity contribution in [3.8, 4) is 0 Å². The Morgan fingerprint density at radius 2 is 2.32 bits per heavy atom. The molecule has 1 aliphatic rings. The minimum absolute atomic E-state index is 0.0700. The van der Waals surface area contributed by atoms with Gasteiger partial charge in [0.15, 0.2) is 0 Å². The normalized spacial score (nSPS) is 29.0. The monoisotopic (exact) mass is 267 g/mol. The molecule has 1 rings (SSSR count). The van der Waals surface area contributed by atoms with Crippen LogP contribution in [0.3, 0.4) is 0 Å². The Kier molecular flexibility index (Phi) is 6.01. The first-order valence-corrected chi connectivity index (χ1v) is 7.23. The average Bonchev–Trinajstić information content (AvgIpc) is 2.36. The van der Waals surface area contributed by atoms with Crippen molar-refractivity contribution in [3.05, 3.63) is 12.7 Å². The molecule has 4 nitrogen and oxygen atoms in total. The molecule has 0 heterocycles. The quantitative estimate of drug-likeness (QED) is 0.717. The van der Waals surface area contributed by atoms with Crippen molar-refractivity contribution >= 4 is 5.91 Å². The number of nitrogens with zero attached hydrogens (tertiary/aromatic N) is 1. The highest BCUT2D eigenvalue weighted by atomic mass is 16.2. The van der Waals surface area contributed by atoms with Crippen LogP contribution in [0.5, 0.6) is 0 Å². The number of likely N-dealkylation sites (N-methyl/N-ethyl adjacent to an activating group) is 1. The highest BCUT2D eigenvalue weighted by molar-refractivity contribution is 5.81. The molecule has 0 aromatic rings. The van der Waals surface area contributed by atoms with E-state index in [1.165, 1.54) is 12.8 Å². The van der Waals surface area contributed by atoms with Gasteiger partial charge in [0.2, 0.25) is 5.91 Å². The van der Waals surface area contributed by atoms with Gasteiger partial charge in [-0.3, -0.25) is 4.79 Å². The van der Waals surface area contributed by atoms with E-state index in [4.69, 9.17) is 5.73 Å². The lowest BCUT2D eigenvalue weighted by Crippen LogP contribution is -2.56. The third kappa shape index (κ3) is 4.32. The summed E-state index contributed by atoms with van der Waals surface area (Å²) in [5, 5.41) is 3.03. The molecule has 3 N–H and O–H groups in total. The highest BCUT2D eigenvalue weighted by Gasteiger charge is 2.37. The van der Waals surface area contributed by atoms with Crippen LogP contribution in [0.4, 0.5) is 0 Å². The number of amides is 1. The second-order valence-corrected chi connectivity index (χ2v) is 6.17. The first-order valence-electron chi connectivity index (χ1n) is 7.23. The first-order chi connectivity index (χ1) is 8.91. The summed E-state index contributed by atoms with van der Waals surface area (Å²) in [5.41, 5.74) is 5.88. The van der Waals surface area contributed by atoms with Crippen LogP contribution in [0, 0.1) is 5.92 Å². The molecule has 3 atom stereocenters. The largest absolute Gasteiger partial charge is 0.353 e. The lowest BCUT2D eigenvalue weighted by Gasteiger charge is -2.45. The molecule has 110 valence electrons. The van der Waals surface area contributed by atoms with E-state index in [0.29, 0.717) is 13.0 Å². The predicted octanol–water partition coefficient (Wildman–Crippen LogP) is 1.52. The van der Waals surface area contributed by atoms with Crippen molar-refractivity contribution in [1.82, 2.24) is 10.2 Å². The van der Waals surface area contributed by atoms with Crippen LogP contribution < -0.4 is 11.1 Å². The number of hydrogen-bond donors (Lipinski definition) is 2. The molecule has 3 unspecified atom stereocenters. The van der Waals surface area contributed by atoms with Crippen LogP contribution in [-0.2, 0) is 4.79 Å². The molecule has 0 saturated heterocycles. The Labute approximate surface area is 117 Å². The third-order valence-corrected chi connectivity index (χ3v) is 4.37. The van der Waals surface area contributed by atoms with Crippen molar-refractivity contribution in [1.29, 1.82) is 0 Å². The van der Waals surface area contributed by atoms with E-state index in [2.05, 4.69) is 37.8 Å². The molecule has 1 aliphatic carbocycles. The van der Waals surface area contributed by atoms with Gasteiger partial charge >= 0.3 is 0 Å². The Bertz CT molecular complexity index is 317. The maximum absolute atomic E-state index is 11.9. The van der Waals surface area contributed by atoms with E-state index < -0.39 is 6.04 Å². The van der Waals surface area contributed by atoms with Crippen molar-refractivity contribution in [2.45, 2.75) is 50.6 Å². The fraction of sp³-hybridized carbons (Fsp3) is 0.800. The fourth-order valence-corrected chi connectivity index (χ4v) is 3.03. The molecule has 0 spiro atoms. The molecule has 19 heavy (non-hydrogen) atoms. The zero-order valence-electron chi connectivity index (χ0n) is 12.6. The molecule has 1 amide bonds. The lowest BCUT2D eigenvalue weighted by molar-refractivity contribution is -0.123. The molecule has 1 fully saturated rings. The van der Waals surface area contributed by atoms with Crippen LogP contribution in [0.1, 0.15) is 39.0 Å². The second kappa shape index (κ2) is 7.06. The maximum atomic E-state index is 11.9. The number of hydrogen-bond acceptors (Lipinski definition) is 3. The summed E-state index contributed by atoms with van der Waals surface area (Å²) in [4.78, 5) is 14.2. The Hall–Kier alpha value is -0.870. The molecule has 1 saturated carbocycles. The van der Waals surface area contributed by atoms with Gasteiger partial charge in [-0.15, -0.1) is 6.58 Å². The van der Waals surface area contributed by atoms with E-state index in [0.717, 1.165) is 18.8 Å². The fourth-order valence-electron chi connectivity index (χ4n) is 3.03. The van der Waals surface area contributed by atoms with Gasteiger partial charge in [-0.1, -0.05) is 25.8 Å². The van der Waals surface area contributed by atoms with Gasteiger partial charge in [0.05, 0.1) is 6.04 Å². The molecular weight excluding hydrogens is 238 g/mol. The Morgan fingerprint density at radius 1 is 1.63 bits per heavy atom. The zero-order chi connectivity index (χ0) is 14.5. The van der Waals surface area contributed by atoms with Gasteiger partial charge in [0.1, 0.15) is 0 Å². The minimum atomic E-state index is -0.474. The zero-order valence-corrected chi connectivity index (χ0v) is 12.6. The van der Waals surface area contributed by atoms with E-state index in [-0.39, 0.29) is 11.4 Å². The van der Waals surface area contributed by atoms with Crippen molar-refractivity contribution in [3.63, 3.8) is 0 Å². The highest BCUT2D eigenvalue weighted by Crippen LogP contribution is 2.35. The summed E-state index contributed by atoms with van der Waals surface area (Å²) in [5.74, 6) is 0.647. The molecule has 0 radical (unpaired) electrons. The lowest BCUT2D eigenvalue weighted by atomic mass is 9.75. The van der Waals surface area contributed by atoms with Gasteiger partial charge in [-0.25, -0.2) is 0 Å². The van der Waals surface area contributed by atoms with Crippen LogP contribution >= 0.6 is 0 Å². The number of rotatable bonds is 6. The second-order valence-electron chi connectivity index (χ2n) is 6.17. The Morgan fingerprint density at radius 3 is 2.84 bits per heavy atom. The molecule has 0 aromatic heterocycles. The standard InChI is InChI=1S/C15H29N3O/c1-5-7-13(16)14(19)17-11-15(18(3)4)9-6-8-12(2)10-15/h5,12-13H,1,6-11,16H2,2-4H3,(H,17,19). The Balaban J connectivity index is 2.59. The molecule has 0 aliphatic heterocycles. The predicted molar refractivity (Wildman–Crippen MR) is 79.8 cm³/mol. The summed E-state index contributed by atoms with van der Waals surface area (Å²) in [6, 6.07) is -0.474. The smallest absolute Gasteiger partial charge is 0.237 e.